The smallest absolute Gasteiger partial charge is 0.257 e. The van der Waals surface area contributed by atoms with Gasteiger partial charge in [0.2, 0.25) is 5.91 Å². The molecule has 0 bridgehead atoms. The third-order valence-electron chi connectivity index (χ3n) is 3.68. The van der Waals surface area contributed by atoms with Crippen molar-refractivity contribution in [3.05, 3.63) is 52.0 Å². The van der Waals surface area contributed by atoms with Crippen LogP contribution < -0.4 is 15.4 Å². The molecule has 7 heteroatoms. The van der Waals surface area contributed by atoms with Gasteiger partial charge in [0.25, 0.3) is 5.91 Å². The second-order valence-electron chi connectivity index (χ2n) is 5.97. The van der Waals surface area contributed by atoms with Crippen molar-refractivity contribution in [3.63, 3.8) is 0 Å². The molecule has 0 aliphatic heterocycles. The van der Waals surface area contributed by atoms with Crippen LogP contribution in [0.25, 0.3) is 0 Å². The van der Waals surface area contributed by atoms with Crippen LogP contribution in [0.4, 0.5) is 5.69 Å². The lowest BCUT2D eigenvalue weighted by molar-refractivity contribution is -0.123. The zero-order valence-electron chi connectivity index (χ0n) is 15.6. The number of rotatable bonds is 8. The number of nitrogens with one attached hydrogen (secondary N) is 2. The van der Waals surface area contributed by atoms with Gasteiger partial charge in [0.1, 0.15) is 5.75 Å². The minimum absolute atomic E-state index is 0.0523. The molecule has 27 heavy (non-hydrogen) atoms. The van der Waals surface area contributed by atoms with Gasteiger partial charge in [-0.1, -0.05) is 22.0 Å². The maximum atomic E-state index is 12.3. The standard InChI is InChI=1S/C20H23BrN2O3S/c1-4-22-19(24)11-26-16-7-5-6-15(10-16)23-20(25)12-27-18-9-13(2)17(21)8-14(18)3/h5-10H,4,11-12H2,1-3H3,(H,22,24)(H,23,25). The zero-order chi connectivity index (χ0) is 19.8. The van der Waals surface area contributed by atoms with Crippen LogP contribution in [0.1, 0.15) is 18.1 Å². The quantitative estimate of drug-likeness (QED) is 0.587. The summed E-state index contributed by atoms with van der Waals surface area (Å²) in [6.45, 7) is 6.42. The Hall–Kier alpha value is -1.99. The summed E-state index contributed by atoms with van der Waals surface area (Å²) in [5.41, 5.74) is 2.91. The Kier molecular flexibility index (Phi) is 8.19. The predicted molar refractivity (Wildman–Crippen MR) is 114 cm³/mol. The van der Waals surface area contributed by atoms with Gasteiger partial charge in [-0.15, -0.1) is 11.8 Å². The molecule has 2 N–H and O–H groups in total. The molecule has 0 radical (unpaired) electrons. The molecule has 5 nitrogen and oxygen atoms in total. The van der Waals surface area contributed by atoms with Gasteiger partial charge in [-0.3, -0.25) is 9.59 Å². The number of hydrogen-bond donors (Lipinski definition) is 2. The average Bonchev–Trinajstić information content (AvgIpc) is 2.62. The average molecular weight is 451 g/mol. The van der Waals surface area contributed by atoms with E-state index in [9.17, 15) is 9.59 Å². The Bertz CT molecular complexity index is 827. The van der Waals surface area contributed by atoms with Crippen molar-refractivity contribution >= 4 is 45.2 Å². The fraction of sp³-hybridized carbons (Fsp3) is 0.300. The summed E-state index contributed by atoms with van der Waals surface area (Å²) in [4.78, 5) is 24.8. The fourth-order valence-electron chi connectivity index (χ4n) is 2.31. The normalized spacial score (nSPS) is 10.4. The molecule has 0 atom stereocenters. The highest BCUT2D eigenvalue weighted by molar-refractivity contribution is 9.10. The van der Waals surface area contributed by atoms with Crippen LogP contribution in [-0.4, -0.2) is 30.7 Å². The maximum Gasteiger partial charge on any atom is 0.257 e. The first-order chi connectivity index (χ1) is 12.9. The highest BCUT2D eigenvalue weighted by atomic mass is 79.9. The van der Waals surface area contributed by atoms with Crippen LogP contribution in [0.3, 0.4) is 0 Å². The number of anilines is 1. The van der Waals surface area contributed by atoms with Gasteiger partial charge in [0, 0.05) is 27.7 Å². The molecule has 0 saturated carbocycles. The first kappa shape index (κ1) is 21.3. The molecule has 0 aliphatic carbocycles. The van der Waals surface area contributed by atoms with Crippen molar-refractivity contribution in [1.82, 2.24) is 5.32 Å². The van der Waals surface area contributed by atoms with Crippen LogP contribution in [0.2, 0.25) is 0 Å². The van der Waals surface area contributed by atoms with Gasteiger partial charge in [-0.05, 0) is 56.2 Å². The van der Waals surface area contributed by atoms with Crippen LogP contribution in [0.15, 0.2) is 45.8 Å². The number of ether oxygens (including phenoxy) is 1. The topological polar surface area (TPSA) is 67.4 Å². The van der Waals surface area contributed by atoms with E-state index < -0.39 is 0 Å². The van der Waals surface area contributed by atoms with Crippen LogP contribution in [0, 0.1) is 13.8 Å². The highest BCUT2D eigenvalue weighted by Gasteiger charge is 2.08. The second kappa shape index (κ2) is 10.4. The molecule has 2 aromatic carbocycles. The molecule has 0 aromatic heterocycles. The van der Waals surface area contributed by atoms with Crippen molar-refractivity contribution < 1.29 is 14.3 Å². The highest BCUT2D eigenvalue weighted by Crippen LogP contribution is 2.28. The van der Waals surface area contributed by atoms with E-state index in [2.05, 4.69) is 38.7 Å². The van der Waals surface area contributed by atoms with Crippen LogP contribution in [-0.2, 0) is 9.59 Å². The molecule has 0 saturated heterocycles. The van der Waals surface area contributed by atoms with Gasteiger partial charge < -0.3 is 15.4 Å². The lowest BCUT2D eigenvalue weighted by Gasteiger charge is -2.10. The number of thioether (sulfide) groups is 1. The molecule has 0 spiro atoms. The number of aryl methyl sites for hydroxylation is 2. The maximum absolute atomic E-state index is 12.3. The summed E-state index contributed by atoms with van der Waals surface area (Å²) < 4.78 is 6.51. The molecule has 2 aromatic rings. The Morgan fingerprint density at radius 2 is 1.89 bits per heavy atom. The van der Waals surface area contributed by atoms with Crippen molar-refractivity contribution in [2.24, 2.45) is 0 Å². The summed E-state index contributed by atoms with van der Waals surface area (Å²) in [5, 5.41) is 5.53. The number of carbonyl (C=O) groups is 2. The van der Waals surface area contributed by atoms with Crippen molar-refractivity contribution in [3.8, 4) is 5.75 Å². The minimum Gasteiger partial charge on any atom is -0.484 e. The van der Waals surface area contributed by atoms with E-state index in [1.165, 1.54) is 11.8 Å². The molecule has 2 rings (SSSR count). The molecule has 0 unspecified atom stereocenters. The molecular weight excluding hydrogens is 428 g/mol. The third kappa shape index (κ3) is 6.92. The molecule has 144 valence electrons. The monoisotopic (exact) mass is 450 g/mol. The molecule has 0 heterocycles. The lowest BCUT2D eigenvalue weighted by Crippen LogP contribution is -2.28. The van der Waals surface area contributed by atoms with Crippen molar-refractivity contribution in [2.45, 2.75) is 25.7 Å². The summed E-state index contributed by atoms with van der Waals surface area (Å²) in [5.74, 6) is 0.571. The predicted octanol–water partition coefficient (Wildman–Crippen LogP) is 4.31. The SMILES string of the molecule is CCNC(=O)COc1cccc(NC(=O)CSc2cc(C)c(Br)cc2C)c1. The summed E-state index contributed by atoms with van der Waals surface area (Å²) in [6, 6.07) is 11.2. The van der Waals surface area contributed by atoms with Gasteiger partial charge in [0.05, 0.1) is 5.75 Å². The van der Waals surface area contributed by atoms with Crippen molar-refractivity contribution in [2.75, 3.05) is 24.2 Å². The van der Waals surface area contributed by atoms with E-state index in [1.54, 1.807) is 24.3 Å². The molecular formula is C20H23BrN2O3S. The van der Waals surface area contributed by atoms with Crippen molar-refractivity contribution in [1.29, 1.82) is 0 Å². The van der Waals surface area contributed by atoms with E-state index in [0.29, 0.717) is 23.7 Å². The number of hydrogen-bond acceptors (Lipinski definition) is 4. The van der Waals surface area contributed by atoms with Crippen LogP contribution >= 0.6 is 27.7 Å². The summed E-state index contributed by atoms with van der Waals surface area (Å²) in [7, 11) is 0. The third-order valence-corrected chi connectivity index (χ3v) is 5.69. The van der Waals surface area contributed by atoms with Gasteiger partial charge in [-0.25, -0.2) is 0 Å². The lowest BCUT2D eigenvalue weighted by atomic mass is 10.2. The van der Waals surface area contributed by atoms with E-state index in [-0.39, 0.29) is 18.4 Å². The Balaban J connectivity index is 1.89. The van der Waals surface area contributed by atoms with E-state index in [0.717, 1.165) is 20.5 Å². The van der Waals surface area contributed by atoms with Gasteiger partial charge in [-0.2, -0.15) is 0 Å². The number of halogens is 1. The summed E-state index contributed by atoms with van der Waals surface area (Å²) >= 11 is 5.02. The van der Waals surface area contributed by atoms with E-state index >= 15 is 0 Å². The first-order valence-corrected chi connectivity index (χ1v) is 10.4. The summed E-state index contributed by atoms with van der Waals surface area (Å²) in [6.07, 6.45) is 0. The Labute approximate surface area is 172 Å². The number of benzene rings is 2. The molecule has 0 fully saturated rings. The molecule has 0 aliphatic rings. The van der Waals surface area contributed by atoms with Gasteiger partial charge in [0.15, 0.2) is 6.61 Å². The van der Waals surface area contributed by atoms with Gasteiger partial charge >= 0.3 is 0 Å². The van der Waals surface area contributed by atoms with Crippen LogP contribution in [0.5, 0.6) is 5.75 Å². The Morgan fingerprint density at radius 1 is 1.11 bits per heavy atom. The number of carbonyl (C=O) groups excluding carboxylic acids is 2. The fourth-order valence-corrected chi connectivity index (χ4v) is 3.67. The molecule has 2 amide bonds. The first-order valence-electron chi connectivity index (χ1n) is 8.58. The minimum atomic E-state index is -0.177. The Morgan fingerprint density at radius 3 is 2.63 bits per heavy atom. The largest absolute Gasteiger partial charge is 0.484 e. The van der Waals surface area contributed by atoms with E-state index in [1.807, 2.05) is 20.8 Å². The van der Waals surface area contributed by atoms with E-state index in [4.69, 9.17) is 4.74 Å². The second-order valence-corrected chi connectivity index (χ2v) is 7.85. The number of amides is 2. The number of likely N-dealkylation sites (N-methyl/N-ethyl adjacent to an activating group) is 1. The zero-order valence-corrected chi connectivity index (χ0v) is 18.0.